The van der Waals surface area contributed by atoms with E-state index in [9.17, 15) is 20.3 Å². The quantitative estimate of drug-likeness (QED) is 0.179. The molecule has 1 aliphatic carbocycles. The predicted molar refractivity (Wildman–Crippen MR) is 196 cm³/mol. The van der Waals surface area contributed by atoms with Crippen molar-refractivity contribution in [3.05, 3.63) is 81.6 Å². The molecule has 0 spiro atoms. The van der Waals surface area contributed by atoms with Crippen molar-refractivity contribution in [3.63, 3.8) is 0 Å². The summed E-state index contributed by atoms with van der Waals surface area (Å²) in [6.45, 7) is 7.26. The molecular formula is C40H39ClN6O5. The maximum Gasteiger partial charge on any atom is 0.307 e. The van der Waals surface area contributed by atoms with Gasteiger partial charge in [0.25, 0.3) is 0 Å². The van der Waals surface area contributed by atoms with Crippen LogP contribution in [0.3, 0.4) is 0 Å². The smallest absolute Gasteiger partial charge is 0.307 e. The van der Waals surface area contributed by atoms with Crippen molar-refractivity contribution in [1.82, 2.24) is 24.8 Å². The van der Waals surface area contributed by atoms with Gasteiger partial charge in [-0.1, -0.05) is 41.9 Å². The van der Waals surface area contributed by atoms with E-state index in [0.717, 1.165) is 52.8 Å². The number of hydrogen-bond donors (Lipinski definition) is 2. The Balaban J connectivity index is 1.14. The van der Waals surface area contributed by atoms with Gasteiger partial charge in [-0.3, -0.25) is 19.6 Å². The first-order valence-corrected chi connectivity index (χ1v) is 18.0. The highest BCUT2D eigenvalue weighted by atomic mass is 35.5. The summed E-state index contributed by atoms with van der Waals surface area (Å²) in [5, 5.41) is 30.5. The molecule has 2 aliphatic heterocycles. The second-order valence-electron chi connectivity index (χ2n) is 14.3. The molecule has 3 atom stereocenters. The Labute approximate surface area is 306 Å². The molecule has 2 N–H and O–H groups in total. The molecule has 2 aromatic heterocycles. The number of nitrogens with zero attached hydrogens (tertiary/aromatic N) is 6. The highest BCUT2D eigenvalue weighted by molar-refractivity contribution is 6.36. The number of methoxy groups -OCH3 is 1. The van der Waals surface area contributed by atoms with Crippen LogP contribution in [0.25, 0.3) is 44.9 Å². The van der Waals surface area contributed by atoms with E-state index in [4.69, 9.17) is 30.7 Å². The lowest BCUT2D eigenvalue weighted by Crippen LogP contribution is -2.41. The minimum absolute atomic E-state index is 0.326. The highest BCUT2D eigenvalue weighted by Gasteiger charge is 2.45. The molecule has 12 heteroatoms. The molecule has 0 radical (unpaired) electrons. The molecule has 0 unspecified atom stereocenters. The fourth-order valence-corrected chi connectivity index (χ4v) is 8.71. The summed E-state index contributed by atoms with van der Waals surface area (Å²) in [5.74, 6) is -0.321. The van der Waals surface area contributed by atoms with Crippen LogP contribution in [0.1, 0.15) is 54.1 Å². The fraction of sp³-hybridized carbons (Fsp3) is 0.375. The van der Waals surface area contributed by atoms with Crippen LogP contribution in [0.4, 0.5) is 0 Å². The Hall–Kier alpha value is -4.86. The van der Waals surface area contributed by atoms with Gasteiger partial charge in [-0.15, -0.1) is 0 Å². The summed E-state index contributed by atoms with van der Waals surface area (Å²) in [6.07, 6.45) is 4.25. The molecule has 5 aromatic rings. The lowest BCUT2D eigenvalue weighted by Gasteiger charge is -2.36. The minimum Gasteiger partial charge on any atom is -0.481 e. The van der Waals surface area contributed by atoms with Gasteiger partial charge >= 0.3 is 5.97 Å². The average molecular weight is 719 g/mol. The maximum absolute atomic E-state index is 11.7. The van der Waals surface area contributed by atoms with E-state index in [0.29, 0.717) is 89.4 Å². The number of carboxylic acid groups (broad SMARTS) is 1. The van der Waals surface area contributed by atoms with Crippen LogP contribution in [0.2, 0.25) is 5.02 Å². The SMILES string of the molecule is COc1nc(-c2cccc(-c3cccc(-c4nc5cc6c(c(C#N)c5o4)CC[C@]6(C)N4CC[C@@H](C(=O)O)C4)c3C)c2Cl)cnc1CN1CC[C@@H](O)C1. The van der Waals surface area contributed by atoms with E-state index in [2.05, 4.69) is 27.8 Å². The second-order valence-corrected chi connectivity index (χ2v) is 14.7. The number of likely N-dealkylation sites (tertiary alicyclic amines) is 2. The van der Waals surface area contributed by atoms with Crippen LogP contribution in [0, 0.1) is 24.2 Å². The van der Waals surface area contributed by atoms with Crippen molar-refractivity contribution < 1.29 is 24.2 Å². The monoisotopic (exact) mass is 718 g/mol. The number of halogens is 1. The Kier molecular flexibility index (Phi) is 8.74. The zero-order valence-electron chi connectivity index (χ0n) is 29.3. The normalized spacial score (nSPS) is 21.8. The van der Waals surface area contributed by atoms with Gasteiger partial charge in [0.2, 0.25) is 11.8 Å². The first-order valence-electron chi connectivity index (χ1n) is 17.6. The molecule has 0 amide bonds. The number of rotatable bonds is 8. The van der Waals surface area contributed by atoms with E-state index in [-0.39, 0.29) is 17.6 Å². The predicted octanol–water partition coefficient (Wildman–Crippen LogP) is 6.60. The number of ether oxygens (including phenoxy) is 1. The zero-order valence-corrected chi connectivity index (χ0v) is 30.1. The van der Waals surface area contributed by atoms with Gasteiger partial charge in [0.05, 0.1) is 36.0 Å². The lowest BCUT2D eigenvalue weighted by molar-refractivity contribution is -0.141. The third-order valence-corrected chi connectivity index (χ3v) is 11.7. The van der Waals surface area contributed by atoms with Gasteiger partial charge in [0, 0.05) is 48.4 Å². The number of hydrogen-bond acceptors (Lipinski definition) is 10. The van der Waals surface area contributed by atoms with Crippen LogP contribution in [-0.2, 0) is 23.3 Å². The summed E-state index contributed by atoms with van der Waals surface area (Å²) in [4.78, 5) is 30.5. The van der Waals surface area contributed by atoms with Gasteiger partial charge in [0.1, 0.15) is 22.8 Å². The molecule has 4 heterocycles. The van der Waals surface area contributed by atoms with Gasteiger partial charge in [0.15, 0.2) is 5.58 Å². The molecule has 11 nitrogen and oxygen atoms in total. The third kappa shape index (κ3) is 5.71. The topological polar surface area (TPSA) is 149 Å². The first kappa shape index (κ1) is 34.2. The van der Waals surface area contributed by atoms with Crippen molar-refractivity contribution in [1.29, 1.82) is 5.26 Å². The van der Waals surface area contributed by atoms with E-state index >= 15 is 0 Å². The number of nitriles is 1. The molecule has 266 valence electrons. The van der Waals surface area contributed by atoms with Crippen LogP contribution in [-0.4, -0.2) is 80.3 Å². The van der Waals surface area contributed by atoms with Crippen molar-refractivity contribution in [3.8, 4) is 45.8 Å². The number of carboxylic acids is 1. The molecule has 3 aliphatic rings. The summed E-state index contributed by atoms with van der Waals surface area (Å²) in [6, 6.07) is 16.2. The Morgan fingerprint density at radius 3 is 2.60 bits per heavy atom. The van der Waals surface area contributed by atoms with E-state index in [1.807, 2.05) is 49.4 Å². The van der Waals surface area contributed by atoms with Crippen LogP contribution >= 0.6 is 11.6 Å². The fourth-order valence-electron chi connectivity index (χ4n) is 8.38. The van der Waals surface area contributed by atoms with Crippen molar-refractivity contribution >= 4 is 28.7 Å². The van der Waals surface area contributed by atoms with E-state index in [1.165, 1.54) is 0 Å². The largest absolute Gasteiger partial charge is 0.481 e. The number of aliphatic hydroxyl groups excluding tert-OH is 1. The summed E-state index contributed by atoms with van der Waals surface area (Å²) in [5.41, 5.74) is 8.55. The molecule has 2 fully saturated rings. The zero-order chi connectivity index (χ0) is 36.3. The van der Waals surface area contributed by atoms with Crippen LogP contribution in [0.15, 0.2) is 53.1 Å². The van der Waals surface area contributed by atoms with Crippen molar-refractivity contribution in [2.24, 2.45) is 5.92 Å². The third-order valence-electron chi connectivity index (χ3n) is 11.3. The van der Waals surface area contributed by atoms with Gasteiger partial charge in [-0.25, -0.2) is 9.97 Å². The average Bonchev–Trinajstić information content (AvgIpc) is 3.95. The van der Waals surface area contributed by atoms with Gasteiger partial charge in [-0.05, 0) is 80.5 Å². The molecule has 2 saturated heterocycles. The molecule has 3 aromatic carbocycles. The lowest BCUT2D eigenvalue weighted by atomic mass is 9.90. The number of benzene rings is 3. The number of aliphatic carboxylic acids is 1. The summed E-state index contributed by atoms with van der Waals surface area (Å²) < 4.78 is 12.1. The highest BCUT2D eigenvalue weighted by Crippen LogP contribution is 2.47. The van der Waals surface area contributed by atoms with Crippen LogP contribution < -0.4 is 4.74 Å². The molecule has 0 bridgehead atoms. The molecule has 52 heavy (non-hydrogen) atoms. The molecular weight excluding hydrogens is 680 g/mol. The Morgan fingerprint density at radius 2 is 1.88 bits per heavy atom. The molecule has 0 saturated carbocycles. The van der Waals surface area contributed by atoms with Gasteiger partial charge < -0.3 is 19.4 Å². The number of aliphatic hydroxyl groups is 1. The Morgan fingerprint density at radius 1 is 1.12 bits per heavy atom. The number of carbonyl (C=O) groups is 1. The number of fused-ring (bicyclic) bond motifs is 2. The second kappa shape index (κ2) is 13.3. The van der Waals surface area contributed by atoms with Gasteiger partial charge in [-0.2, -0.15) is 5.26 Å². The standard InChI is InChI=1S/C40H39ClN6O5/c1-22-25(28-8-5-9-29(35(28)41)33-18-43-34(38(45-33)51-3)21-46-14-12-24(48)20-46)6-4-7-26(22)37-44-32-16-31-27(30(17-42)36(32)52-37)10-13-40(31,2)47-15-11-23(19-47)39(49)50/h4-9,16,18,23-24,48H,10-15,19-21H2,1-3H3,(H,49,50)/t23-,24-,40+/m1/s1. The Bertz CT molecular complexity index is 2280. The maximum atomic E-state index is 11.7. The first-order chi connectivity index (χ1) is 25.1. The summed E-state index contributed by atoms with van der Waals surface area (Å²) >= 11 is 7.15. The number of aromatic nitrogens is 3. The van der Waals surface area contributed by atoms with Crippen molar-refractivity contribution in [2.75, 3.05) is 33.3 Å². The van der Waals surface area contributed by atoms with Crippen molar-refractivity contribution in [2.45, 2.75) is 57.7 Å². The minimum atomic E-state index is -0.761. The number of β-amino-alcohol motifs (C(OH)–C–C–N with tert-alkyl or cyclic N) is 1. The number of oxazole rings is 1. The molecule has 8 rings (SSSR count). The summed E-state index contributed by atoms with van der Waals surface area (Å²) in [7, 11) is 1.57. The van der Waals surface area contributed by atoms with E-state index in [1.54, 1.807) is 13.3 Å². The van der Waals surface area contributed by atoms with Crippen LogP contribution in [0.5, 0.6) is 5.88 Å². The van der Waals surface area contributed by atoms with E-state index < -0.39 is 5.97 Å².